The number of aliphatic hydroxyl groups is 2. The molecule has 17 heavy (non-hydrogen) atoms. The van der Waals surface area contributed by atoms with Crippen LogP contribution in [0.25, 0.3) is 0 Å². The van der Waals surface area contributed by atoms with E-state index in [2.05, 4.69) is 5.32 Å². The fourth-order valence-corrected chi connectivity index (χ4v) is 1.02. The van der Waals surface area contributed by atoms with Crippen molar-refractivity contribution in [3.05, 3.63) is 0 Å². The van der Waals surface area contributed by atoms with Gasteiger partial charge in [-0.15, -0.1) is 0 Å². The Morgan fingerprint density at radius 3 is 2.53 bits per heavy atom. The molecule has 4 N–H and O–H groups in total. The molecular formula is C9H18N2O6. The van der Waals surface area contributed by atoms with E-state index in [1.807, 2.05) is 0 Å². The van der Waals surface area contributed by atoms with Gasteiger partial charge in [-0.25, -0.2) is 9.59 Å². The van der Waals surface area contributed by atoms with E-state index in [4.69, 9.17) is 20.1 Å². The number of aliphatic hydroxyl groups excluding tert-OH is 2. The number of carboxylic acids is 1. The second kappa shape index (κ2) is 8.74. The smallest absolute Gasteiger partial charge is 0.334 e. The molecule has 1 atom stereocenters. The first-order valence-corrected chi connectivity index (χ1v) is 5.06. The zero-order valence-electron chi connectivity index (χ0n) is 9.63. The Bertz CT molecular complexity index is 248. The van der Waals surface area contributed by atoms with Gasteiger partial charge in [0.15, 0.2) is 6.10 Å². The molecule has 0 rings (SSSR count). The number of hydrogen-bond donors (Lipinski definition) is 4. The Morgan fingerprint density at radius 2 is 2.06 bits per heavy atom. The minimum Gasteiger partial charge on any atom is -0.479 e. The molecule has 8 heteroatoms. The predicted octanol–water partition coefficient (Wildman–Crippen LogP) is -1.92. The third kappa shape index (κ3) is 6.72. The first kappa shape index (κ1) is 15.6. The Balaban J connectivity index is 4.08. The number of carbonyl (C=O) groups is 2. The molecule has 8 nitrogen and oxygen atoms in total. The van der Waals surface area contributed by atoms with Crippen molar-refractivity contribution in [2.24, 2.45) is 0 Å². The maximum absolute atomic E-state index is 11.5. The molecule has 0 bridgehead atoms. The highest BCUT2D eigenvalue weighted by molar-refractivity contribution is 5.76. The summed E-state index contributed by atoms with van der Waals surface area (Å²) < 4.78 is 4.79. The van der Waals surface area contributed by atoms with Crippen molar-refractivity contribution in [2.45, 2.75) is 6.10 Å². The molecule has 1 unspecified atom stereocenters. The van der Waals surface area contributed by atoms with Crippen LogP contribution >= 0.6 is 0 Å². The Hall–Kier alpha value is -1.38. The molecule has 0 aromatic rings. The van der Waals surface area contributed by atoms with E-state index in [1.165, 1.54) is 12.0 Å². The normalized spacial score (nSPS) is 11.9. The topological polar surface area (TPSA) is 119 Å². The molecule has 0 aliphatic rings. The average Bonchev–Trinajstić information content (AvgIpc) is 2.30. The summed E-state index contributed by atoms with van der Waals surface area (Å²) in [6.07, 6.45) is -1.64. The third-order valence-electron chi connectivity index (χ3n) is 1.95. The molecule has 100 valence electrons. The maximum Gasteiger partial charge on any atom is 0.334 e. The van der Waals surface area contributed by atoms with Crippen molar-refractivity contribution >= 4 is 12.0 Å². The van der Waals surface area contributed by atoms with Crippen LogP contribution in [0.5, 0.6) is 0 Å². The monoisotopic (exact) mass is 250 g/mol. The first-order chi connectivity index (χ1) is 8.02. The molecule has 0 saturated carbocycles. The molecular weight excluding hydrogens is 232 g/mol. The highest BCUT2D eigenvalue weighted by Gasteiger charge is 2.17. The Kier molecular flexibility index (Phi) is 8.03. The number of carbonyl (C=O) groups excluding carboxylic acids is 1. The summed E-state index contributed by atoms with van der Waals surface area (Å²) in [5.74, 6) is -1.41. The molecule has 0 fully saturated rings. The van der Waals surface area contributed by atoms with Crippen molar-refractivity contribution in [3.63, 3.8) is 0 Å². The number of rotatable bonds is 8. The molecule has 2 amide bonds. The van der Waals surface area contributed by atoms with Gasteiger partial charge in [-0.3, -0.25) is 0 Å². The summed E-state index contributed by atoms with van der Waals surface area (Å²) in [7, 11) is 1.48. The van der Waals surface area contributed by atoms with Crippen molar-refractivity contribution < 1.29 is 29.6 Å². The predicted molar refractivity (Wildman–Crippen MR) is 57.6 cm³/mol. The molecule has 0 aliphatic carbocycles. The second-order valence-electron chi connectivity index (χ2n) is 3.24. The van der Waals surface area contributed by atoms with Gasteiger partial charge < -0.3 is 30.3 Å². The van der Waals surface area contributed by atoms with E-state index in [0.29, 0.717) is 6.61 Å². The van der Waals surface area contributed by atoms with E-state index in [9.17, 15) is 9.59 Å². The molecule has 0 saturated heterocycles. The molecule has 0 aromatic carbocycles. The van der Waals surface area contributed by atoms with E-state index < -0.39 is 18.1 Å². The molecule has 0 radical (unpaired) electrons. The fraction of sp³-hybridized carbons (Fsp3) is 0.778. The number of hydrogen-bond acceptors (Lipinski definition) is 5. The number of aliphatic carboxylic acids is 1. The maximum atomic E-state index is 11.5. The lowest BCUT2D eigenvalue weighted by atomic mass is 10.3. The van der Waals surface area contributed by atoms with Gasteiger partial charge in [-0.05, 0) is 0 Å². The van der Waals surface area contributed by atoms with Crippen LogP contribution in [-0.4, -0.2) is 78.3 Å². The lowest BCUT2D eigenvalue weighted by Crippen LogP contribution is -2.46. The number of ether oxygens (including phenoxy) is 1. The number of nitrogens with one attached hydrogen (secondary N) is 1. The van der Waals surface area contributed by atoms with Crippen molar-refractivity contribution in [1.29, 1.82) is 0 Å². The number of urea groups is 1. The number of methoxy groups -OCH3 is 1. The summed E-state index contributed by atoms with van der Waals surface area (Å²) in [6.45, 7) is 0.0843. The summed E-state index contributed by atoms with van der Waals surface area (Å²) in [5.41, 5.74) is 0. The SMILES string of the molecule is COCCN(CCO)C(=O)NCC(O)C(=O)O. The van der Waals surface area contributed by atoms with Gasteiger partial charge in [0.2, 0.25) is 0 Å². The van der Waals surface area contributed by atoms with E-state index in [-0.39, 0.29) is 26.2 Å². The van der Waals surface area contributed by atoms with Crippen molar-refractivity contribution in [3.8, 4) is 0 Å². The van der Waals surface area contributed by atoms with Crippen LogP contribution in [0.4, 0.5) is 4.79 Å². The minimum atomic E-state index is -1.64. The fourth-order valence-electron chi connectivity index (χ4n) is 1.02. The number of nitrogens with zero attached hydrogens (tertiary/aromatic N) is 1. The largest absolute Gasteiger partial charge is 0.479 e. The van der Waals surface area contributed by atoms with Crippen LogP contribution in [0.2, 0.25) is 0 Å². The van der Waals surface area contributed by atoms with Gasteiger partial charge in [-0.1, -0.05) is 0 Å². The lowest BCUT2D eigenvalue weighted by molar-refractivity contribution is -0.146. The van der Waals surface area contributed by atoms with E-state index >= 15 is 0 Å². The molecule has 0 aromatic heterocycles. The molecule has 0 spiro atoms. The quantitative estimate of drug-likeness (QED) is 0.399. The Morgan fingerprint density at radius 1 is 1.41 bits per heavy atom. The summed E-state index contributed by atoms with van der Waals surface area (Å²) >= 11 is 0. The number of amides is 2. The third-order valence-corrected chi connectivity index (χ3v) is 1.95. The lowest BCUT2D eigenvalue weighted by Gasteiger charge is -2.22. The summed E-state index contributed by atoms with van der Waals surface area (Å²) in [6, 6.07) is -0.559. The number of carboxylic acid groups (broad SMARTS) is 1. The van der Waals surface area contributed by atoms with Gasteiger partial charge in [0, 0.05) is 20.2 Å². The summed E-state index contributed by atoms with van der Waals surface area (Å²) in [5, 5.41) is 28.4. The van der Waals surface area contributed by atoms with Crippen LogP contribution in [0.3, 0.4) is 0 Å². The van der Waals surface area contributed by atoms with Crippen molar-refractivity contribution in [2.75, 3.05) is 40.0 Å². The van der Waals surface area contributed by atoms with Crippen LogP contribution in [0.1, 0.15) is 0 Å². The highest BCUT2D eigenvalue weighted by Crippen LogP contribution is 1.90. The van der Waals surface area contributed by atoms with E-state index in [0.717, 1.165) is 0 Å². The van der Waals surface area contributed by atoms with E-state index in [1.54, 1.807) is 0 Å². The minimum absolute atomic E-state index is 0.109. The van der Waals surface area contributed by atoms with Gasteiger partial charge in [0.05, 0.1) is 19.8 Å². The molecule has 0 heterocycles. The Labute approximate surface area is 98.8 Å². The standard InChI is InChI=1S/C9H18N2O6/c1-17-5-3-11(2-4-12)9(16)10-6-7(13)8(14)15/h7,12-13H,2-6H2,1H3,(H,10,16)(H,14,15). The summed E-state index contributed by atoms with van der Waals surface area (Å²) in [4.78, 5) is 23.1. The van der Waals surface area contributed by atoms with Crippen LogP contribution in [-0.2, 0) is 9.53 Å². The van der Waals surface area contributed by atoms with Crippen LogP contribution in [0, 0.1) is 0 Å². The highest BCUT2D eigenvalue weighted by atomic mass is 16.5. The zero-order chi connectivity index (χ0) is 13.3. The van der Waals surface area contributed by atoms with Gasteiger partial charge in [0.25, 0.3) is 0 Å². The first-order valence-electron chi connectivity index (χ1n) is 5.06. The molecule has 0 aliphatic heterocycles. The average molecular weight is 250 g/mol. The second-order valence-corrected chi connectivity index (χ2v) is 3.24. The van der Waals surface area contributed by atoms with Crippen molar-refractivity contribution in [1.82, 2.24) is 10.2 Å². The van der Waals surface area contributed by atoms with Gasteiger partial charge in [-0.2, -0.15) is 0 Å². The zero-order valence-corrected chi connectivity index (χ0v) is 9.63. The van der Waals surface area contributed by atoms with Gasteiger partial charge >= 0.3 is 12.0 Å². The van der Waals surface area contributed by atoms with Gasteiger partial charge in [0.1, 0.15) is 0 Å². The van der Waals surface area contributed by atoms with Crippen LogP contribution in [0.15, 0.2) is 0 Å². The van der Waals surface area contributed by atoms with Crippen LogP contribution < -0.4 is 5.32 Å².